The van der Waals surface area contributed by atoms with Crippen molar-refractivity contribution in [3.8, 4) is 0 Å². The first-order valence-electron chi connectivity index (χ1n) is 9.71. The lowest BCUT2D eigenvalue weighted by atomic mass is 10.2. The van der Waals surface area contributed by atoms with E-state index < -0.39 is 46.8 Å². The quantitative estimate of drug-likeness (QED) is 0.415. The molecule has 0 rings (SSSR count). The molecule has 0 unspecified atom stereocenters. The fraction of sp³-hybridized carbons (Fsp3) is 0.800. The minimum absolute atomic E-state index is 0.00431. The van der Waals surface area contributed by atoms with Crippen LogP contribution in [0.15, 0.2) is 0 Å². The number of nitrogens with zero attached hydrogens (tertiary/aromatic N) is 2. The van der Waals surface area contributed by atoms with Crippen molar-refractivity contribution in [1.29, 1.82) is 0 Å². The highest BCUT2D eigenvalue weighted by Gasteiger charge is 2.41. The number of hydrogen-bond donors (Lipinski definition) is 0. The molecule has 0 aromatic carbocycles. The SMILES string of the molecule is CC(C)(C)OC(=O)N(ON(C(=O)OC(C)(C)C)C(=O)OC(C)(C)C)C(=O)OC(C)(C)C. The Morgan fingerprint density at radius 3 is 0.710 bits per heavy atom. The van der Waals surface area contributed by atoms with Crippen molar-refractivity contribution >= 4 is 24.4 Å². The van der Waals surface area contributed by atoms with Gasteiger partial charge in [-0.2, -0.15) is 0 Å². The lowest BCUT2D eigenvalue weighted by molar-refractivity contribution is -0.258. The smallest absolute Gasteiger partial charge is 0.442 e. The van der Waals surface area contributed by atoms with Gasteiger partial charge >= 0.3 is 24.4 Å². The normalized spacial score (nSPS) is 12.5. The zero-order chi connectivity index (χ0) is 25.0. The van der Waals surface area contributed by atoms with E-state index in [9.17, 15) is 19.2 Å². The molecule has 0 saturated carbocycles. The van der Waals surface area contributed by atoms with Crippen molar-refractivity contribution in [2.24, 2.45) is 0 Å². The molecule has 0 aliphatic heterocycles. The van der Waals surface area contributed by atoms with Crippen LogP contribution in [0.1, 0.15) is 83.1 Å². The summed E-state index contributed by atoms with van der Waals surface area (Å²) in [5.74, 6) is 0. The van der Waals surface area contributed by atoms with E-state index in [-0.39, 0.29) is 10.1 Å². The van der Waals surface area contributed by atoms with Crippen molar-refractivity contribution < 1.29 is 43.1 Å². The summed E-state index contributed by atoms with van der Waals surface area (Å²) >= 11 is 0. The van der Waals surface area contributed by atoms with E-state index >= 15 is 0 Å². The molecule has 0 heterocycles. The van der Waals surface area contributed by atoms with Crippen LogP contribution in [0.5, 0.6) is 0 Å². The van der Waals surface area contributed by atoms with Crippen molar-refractivity contribution in [3.63, 3.8) is 0 Å². The molecule has 31 heavy (non-hydrogen) atoms. The second-order valence-electron chi connectivity index (χ2n) is 10.6. The van der Waals surface area contributed by atoms with Gasteiger partial charge in [0, 0.05) is 0 Å². The Kier molecular flexibility index (Phi) is 8.91. The summed E-state index contributed by atoms with van der Waals surface area (Å²) in [4.78, 5) is 55.4. The number of carbonyl (C=O) groups excluding carboxylic acids is 4. The summed E-state index contributed by atoms with van der Waals surface area (Å²) in [6.45, 7) is 18.6. The molecule has 0 N–H and O–H groups in total. The number of ether oxygens (including phenoxy) is 4. The van der Waals surface area contributed by atoms with Crippen LogP contribution in [-0.2, 0) is 23.9 Å². The molecule has 0 spiro atoms. The highest BCUT2D eigenvalue weighted by atomic mass is 16.9. The number of hydroxylamine groups is 4. The van der Waals surface area contributed by atoms with Crippen molar-refractivity contribution in [2.75, 3.05) is 0 Å². The fourth-order valence-electron chi connectivity index (χ4n) is 1.58. The van der Waals surface area contributed by atoms with E-state index in [1.165, 1.54) is 0 Å². The molecule has 11 heteroatoms. The van der Waals surface area contributed by atoms with Gasteiger partial charge in [-0.15, -0.1) is 4.94 Å². The molecule has 0 aliphatic carbocycles. The summed E-state index contributed by atoms with van der Waals surface area (Å²) < 4.78 is 20.5. The molecule has 0 aliphatic rings. The molecule has 0 fully saturated rings. The Morgan fingerprint density at radius 1 is 0.419 bits per heavy atom. The van der Waals surface area contributed by atoms with E-state index in [2.05, 4.69) is 0 Å². The molecule has 0 aromatic heterocycles. The lowest BCUT2D eigenvalue weighted by Crippen LogP contribution is -2.52. The maximum Gasteiger partial charge on any atom is 0.446 e. The first-order valence-corrected chi connectivity index (χ1v) is 9.71. The van der Waals surface area contributed by atoms with Gasteiger partial charge in [-0.05, 0) is 83.1 Å². The van der Waals surface area contributed by atoms with Crippen LogP contribution in [0.25, 0.3) is 0 Å². The van der Waals surface area contributed by atoms with Gasteiger partial charge in [0.2, 0.25) is 0 Å². The van der Waals surface area contributed by atoms with Gasteiger partial charge in [-0.3, -0.25) is 0 Å². The highest BCUT2D eigenvalue weighted by molar-refractivity contribution is 5.89. The molecule has 0 atom stereocenters. The molecule has 4 amide bonds. The predicted molar refractivity (Wildman–Crippen MR) is 110 cm³/mol. The van der Waals surface area contributed by atoms with Gasteiger partial charge in [0.25, 0.3) is 0 Å². The van der Waals surface area contributed by atoms with E-state index in [4.69, 9.17) is 23.9 Å². The third kappa shape index (κ3) is 12.7. The summed E-state index contributed by atoms with van der Waals surface area (Å²) in [5.41, 5.74) is -4.10. The second kappa shape index (κ2) is 9.71. The Morgan fingerprint density at radius 2 is 0.581 bits per heavy atom. The minimum Gasteiger partial charge on any atom is -0.442 e. The summed E-state index contributed by atoms with van der Waals surface area (Å²) in [6, 6.07) is 0. The van der Waals surface area contributed by atoms with E-state index in [0.29, 0.717) is 0 Å². The largest absolute Gasteiger partial charge is 0.446 e. The van der Waals surface area contributed by atoms with Crippen LogP contribution >= 0.6 is 0 Å². The van der Waals surface area contributed by atoms with Gasteiger partial charge in [0.15, 0.2) is 0 Å². The average Bonchev–Trinajstić information content (AvgIpc) is 2.39. The molecule has 0 bridgehead atoms. The standard InChI is InChI=1S/C20H36N2O9/c1-17(2,3)27-13(23)21(14(24)28-18(4,5)6)31-22(15(25)29-19(7,8)9)16(26)30-20(10,11)12/h1-12H3. The first-order chi connectivity index (χ1) is 13.5. The van der Waals surface area contributed by atoms with Gasteiger partial charge in [0.05, 0.1) is 0 Å². The maximum atomic E-state index is 12.6. The van der Waals surface area contributed by atoms with Gasteiger partial charge in [-0.1, -0.05) is 10.1 Å². The molecule has 0 radical (unpaired) electrons. The van der Waals surface area contributed by atoms with Gasteiger partial charge in [-0.25, -0.2) is 19.2 Å². The van der Waals surface area contributed by atoms with E-state index in [1.54, 1.807) is 83.1 Å². The monoisotopic (exact) mass is 448 g/mol. The first kappa shape index (κ1) is 28.4. The number of imide groups is 2. The topological polar surface area (TPSA) is 121 Å². The second-order valence-corrected chi connectivity index (χ2v) is 10.6. The Balaban J connectivity index is 6.08. The van der Waals surface area contributed by atoms with Gasteiger partial charge < -0.3 is 18.9 Å². The number of carbonyl (C=O) groups is 4. The third-order valence-electron chi connectivity index (χ3n) is 2.40. The molecular weight excluding hydrogens is 412 g/mol. The van der Waals surface area contributed by atoms with Crippen molar-refractivity contribution in [2.45, 2.75) is 105 Å². The molecule has 11 nitrogen and oxygen atoms in total. The van der Waals surface area contributed by atoms with Crippen molar-refractivity contribution in [3.05, 3.63) is 0 Å². The fourth-order valence-corrected chi connectivity index (χ4v) is 1.58. The summed E-state index contributed by atoms with van der Waals surface area (Å²) in [6.07, 6.45) is -5.28. The third-order valence-corrected chi connectivity index (χ3v) is 2.40. The molecule has 0 aromatic rings. The highest BCUT2D eigenvalue weighted by Crippen LogP contribution is 2.19. The minimum atomic E-state index is -1.32. The van der Waals surface area contributed by atoms with Crippen molar-refractivity contribution in [1.82, 2.24) is 10.1 Å². The van der Waals surface area contributed by atoms with Crippen LogP contribution in [0, 0.1) is 0 Å². The van der Waals surface area contributed by atoms with Crippen LogP contribution < -0.4 is 0 Å². The molecule has 0 saturated heterocycles. The Bertz CT molecular complexity index is 563. The molecular formula is C20H36N2O9. The zero-order valence-electron chi connectivity index (χ0n) is 20.6. The van der Waals surface area contributed by atoms with E-state index in [0.717, 1.165) is 0 Å². The average molecular weight is 449 g/mol. The van der Waals surface area contributed by atoms with Crippen LogP contribution in [0.2, 0.25) is 0 Å². The zero-order valence-corrected chi connectivity index (χ0v) is 20.6. The Hall–Kier alpha value is -2.56. The van der Waals surface area contributed by atoms with Crippen LogP contribution in [0.4, 0.5) is 19.2 Å². The summed E-state index contributed by atoms with van der Waals surface area (Å²) in [5, 5.41) is 0.00861. The summed E-state index contributed by atoms with van der Waals surface area (Å²) in [7, 11) is 0. The number of hydrogen-bond acceptors (Lipinski definition) is 9. The van der Waals surface area contributed by atoms with Gasteiger partial charge in [0.1, 0.15) is 22.4 Å². The van der Waals surface area contributed by atoms with Crippen LogP contribution in [-0.4, -0.2) is 56.9 Å². The number of amides is 4. The number of rotatable bonds is 2. The predicted octanol–water partition coefficient (Wildman–Crippen LogP) is 5.18. The maximum absolute atomic E-state index is 12.6. The Labute approximate surface area is 183 Å². The van der Waals surface area contributed by atoms with Crippen LogP contribution in [0.3, 0.4) is 0 Å². The molecule has 180 valence electrons. The van der Waals surface area contributed by atoms with E-state index in [1.807, 2.05) is 0 Å². The lowest BCUT2D eigenvalue weighted by Gasteiger charge is -2.31.